The molecule has 1 heterocycles. The lowest BCUT2D eigenvalue weighted by Crippen LogP contribution is -2.05. The van der Waals surface area contributed by atoms with Crippen LogP contribution in [0.4, 0.5) is 10.3 Å². The molecule has 2 aromatic rings. The number of nitrogens with one attached hydrogen (secondary N) is 1. The third kappa shape index (κ3) is 2.09. The summed E-state index contributed by atoms with van der Waals surface area (Å²) in [4.78, 5) is 4.15. The van der Waals surface area contributed by atoms with E-state index in [1.807, 2.05) is 13.0 Å². The average molecular weight is 284 g/mol. The number of halogens is 2. The number of hydrogen-bond acceptors (Lipinski definition) is 2. The monoisotopic (exact) mass is 283 g/mol. The summed E-state index contributed by atoms with van der Waals surface area (Å²) in [6.45, 7) is 2.76. The highest BCUT2D eigenvalue weighted by molar-refractivity contribution is 9.10. The second-order valence-electron chi connectivity index (χ2n) is 3.25. The molecule has 5 heteroatoms. The van der Waals surface area contributed by atoms with Crippen molar-refractivity contribution in [1.29, 1.82) is 0 Å². The summed E-state index contributed by atoms with van der Waals surface area (Å²) in [5.41, 5.74) is 0.745. The van der Waals surface area contributed by atoms with E-state index in [-0.39, 0.29) is 5.82 Å². The van der Waals surface area contributed by atoms with Crippen LogP contribution in [0.3, 0.4) is 0 Å². The zero-order chi connectivity index (χ0) is 11.5. The van der Waals surface area contributed by atoms with Crippen molar-refractivity contribution in [2.45, 2.75) is 6.92 Å². The molecule has 0 spiro atoms. The molecule has 0 aliphatic carbocycles. The minimum Gasteiger partial charge on any atom is -0.356 e. The predicted octanol–water partition coefficient (Wildman–Crippen LogP) is 3.21. The Kier molecular flexibility index (Phi) is 3.24. The highest BCUT2D eigenvalue weighted by Gasteiger charge is 2.06. The van der Waals surface area contributed by atoms with Crippen molar-refractivity contribution in [2.24, 2.45) is 0 Å². The van der Waals surface area contributed by atoms with E-state index in [2.05, 4.69) is 26.2 Å². The Bertz CT molecular complexity index is 496. The first kappa shape index (κ1) is 11.1. The van der Waals surface area contributed by atoms with E-state index in [1.165, 1.54) is 6.07 Å². The third-order valence-corrected chi connectivity index (χ3v) is 2.80. The third-order valence-electron chi connectivity index (χ3n) is 2.16. The first-order valence-corrected chi connectivity index (χ1v) is 5.74. The molecule has 0 bridgehead atoms. The van der Waals surface area contributed by atoms with Gasteiger partial charge in [-0.1, -0.05) is 0 Å². The van der Waals surface area contributed by atoms with Crippen molar-refractivity contribution in [3.05, 3.63) is 40.9 Å². The molecule has 1 aromatic heterocycles. The van der Waals surface area contributed by atoms with Crippen LogP contribution >= 0.6 is 15.9 Å². The van der Waals surface area contributed by atoms with Crippen LogP contribution in [0.25, 0.3) is 5.69 Å². The Balaban J connectivity index is 2.42. The molecule has 0 saturated carbocycles. The fraction of sp³-hybridized carbons (Fsp3) is 0.182. The molecule has 1 aromatic carbocycles. The standard InChI is InChI=1S/C11H11BrFN3/c1-2-14-11-15-5-6-16(11)8-3-4-9(12)10(13)7-8/h3-7H,2H2,1H3,(H,14,15). The van der Waals surface area contributed by atoms with Crippen LogP contribution in [0.1, 0.15) is 6.92 Å². The van der Waals surface area contributed by atoms with Crippen molar-refractivity contribution in [3.8, 4) is 5.69 Å². The number of anilines is 1. The summed E-state index contributed by atoms with van der Waals surface area (Å²) in [6.07, 6.45) is 3.47. The number of aromatic nitrogens is 2. The highest BCUT2D eigenvalue weighted by Crippen LogP contribution is 2.20. The van der Waals surface area contributed by atoms with E-state index >= 15 is 0 Å². The van der Waals surface area contributed by atoms with E-state index in [1.54, 1.807) is 23.0 Å². The largest absolute Gasteiger partial charge is 0.356 e. The van der Waals surface area contributed by atoms with E-state index < -0.39 is 0 Å². The van der Waals surface area contributed by atoms with Crippen LogP contribution in [-0.4, -0.2) is 16.1 Å². The number of nitrogens with zero attached hydrogens (tertiary/aromatic N) is 2. The van der Waals surface area contributed by atoms with E-state index in [4.69, 9.17) is 0 Å². The average Bonchev–Trinajstić information content (AvgIpc) is 2.71. The number of imidazole rings is 1. The summed E-state index contributed by atoms with van der Waals surface area (Å²) in [5, 5.41) is 3.11. The maximum absolute atomic E-state index is 13.4. The van der Waals surface area contributed by atoms with Crippen molar-refractivity contribution in [3.63, 3.8) is 0 Å². The first-order chi connectivity index (χ1) is 7.72. The summed E-state index contributed by atoms with van der Waals surface area (Å²) in [6, 6.07) is 4.97. The molecule has 0 fully saturated rings. The molecule has 0 aliphatic heterocycles. The van der Waals surface area contributed by atoms with Crippen LogP contribution in [0, 0.1) is 5.82 Å². The number of rotatable bonds is 3. The highest BCUT2D eigenvalue weighted by atomic mass is 79.9. The minimum absolute atomic E-state index is 0.284. The molecule has 16 heavy (non-hydrogen) atoms. The van der Waals surface area contributed by atoms with Gasteiger partial charge < -0.3 is 5.32 Å². The van der Waals surface area contributed by atoms with E-state index in [9.17, 15) is 4.39 Å². The minimum atomic E-state index is -0.284. The van der Waals surface area contributed by atoms with Gasteiger partial charge >= 0.3 is 0 Å². The molecule has 0 radical (unpaired) electrons. The lowest BCUT2D eigenvalue weighted by molar-refractivity contribution is 0.620. The Morgan fingerprint density at radius 2 is 2.31 bits per heavy atom. The first-order valence-electron chi connectivity index (χ1n) is 4.95. The van der Waals surface area contributed by atoms with Gasteiger partial charge in [-0.15, -0.1) is 0 Å². The van der Waals surface area contributed by atoms with Crippen LogP contribution in [0.2, 0.25) is 0 Å². The molecule has 0 atom stereocenters. The normalized spacial score (nSPS) is 10.4. The van der Waals surface area contributed by atoms with E-state index in [0.29, 0.717) is 10.4 Å². The summed E-state index contributed by atoms with van der Waals surface area (Å²) in [5.74, 6) is 0.429. The molecule has 0 saturated heterocycles. The summed E-state index contributed by atoms with van der Waals surface area (Å²) < 4.78 is 15.7. The second kappa shape index (κ2) is 4.65. The zero-order valence-corrected chi connectivity index (χ0v) is 10.3. The Labute approximate surface area is 101 Å². The number of hydrogen-bond donors (Lipinski definition) is 1. The van der Waals surface area contributed by atoms with Gasteiger partial charge in [0.15, 0.2) is 0 Å². The maximum Gasteiger partial charge on any atom is 0.207 e. The molecule has 84 valence electrons. The fourth-order valence-electron chi connectivity index (χ4n) is 1.44. The Morgan fingerprint density at radius 1 is 1.50 bits per heavy atom. The SMILES string of the molecule is CCNc1nccn1-c1ccc(Br)c(F)c1. The van der Waals surface area contributed by atoms with Crippen LogP contribution < -0.4 is 5.32 Å². The quantitative estimate of drug-likeness (QED) is 0.938. The van der Waals surface area contributed by atoms with Crippen molar-refractivity contribution < 1.29 is 4.39 Å². The van der Waals surface area contributed by atoms with Gasteiger partial charge in [-0.05, 0) is 41.1 Å². The molecule has 1 N–H and O–H groups in total. The molecular formula is C11H11BrFN3. The van der Waals surface area contributed by atoms with Crippen molar-refractivity contribution in [1.82, 2.24) is 9.55 Å². The van der Waals surface area contributed by atoms with Gasteiger partial charge in [0.1, 0.15) is 5.82 Å². The van der Waals surface area contributed by atoms with Crippen LogP contribution in [0.5, 0.6) is 0 Å². The molecule has 3 nitrogen and oxygen atoms in total. The summed E-state index contributed by atoms with van der Waals surface area (Å²) in [7, 11) is 0. The fourth-order valence-corrected chi connectivity index (χ4v) is 1.68. The second-order valence-corrected chi connectivity index (χ2v) is 4.10. The Hall–Kier alpha value is -1.36. The van der Waals surface area contributed by atoms with Crippen LogP contribution in [-0.2, 0) is 0 Å². The molecule has 0 aliphatic rings. The van der Waals surface area contributed by atoms with Gasteiger partial charge in [0.25, 0.3) is 0 Å². The summed E-state index contributed by atoms with van der Waals surface area (Å²) >= 11 is 3.13. The lowest BCUT2D eigenvalue weighted by atomic mass is 10.3. The lowest BCUT2D eigenvalue weighted by Gasteiger charge is -2.08. The Morgan fingerprint density at radius 3 is 3.00 bits per heavy atom. The van der Waals surface area contributed by atoms with Gasteiger partial charge in [0.05, 0.1) is 10.2 Å². The maximum atomic E-state index is 13.4. The van der Waals surface area contributed by atoms with Crippen LogP contribution in [0.15, 0.2) is 35.1 Å². The molecule has 2 rings (SSSR count). The molecular weight excluding hydrogens is 273 g/mol. The molecule has 0 amide bonds. The predicted molar refractivity (Wildman–Crippen MR) is 65.4 cm³/mol. The van der Waals surface area contributed by atoms with Gasteiger partial charge in [-0.2, -0.15) is 0 Å². The smallest absolute Gasteiger partial charge is 0.207 e. The topological polar surface area (TPSA) is 29.9 Å². The van der Waals surface area contributed by atoms with E-state index in [0.717, 1.165) is 12.2 Å². The number of benzene rings is 1. The van der Waals surface area contributed by atoms with Gasteiger partial charge in [-0.25, -0.2) is 9.37 Å². The van der Waals surface area contributed by atoms with Gasteiger partial charge in [0.2, 0.25) is 5.95 Å². The van der Waals surface area contributed by atoms with Crippen molar-refractivity contribution in [2.75, 3.05) is 11.9 Å². The van der Waals surface area contributed by atoms with Gasteiger partial charge in [-0.3, -0.25) is 4.57 Å². The molecule has 0 unspecified atom stereocenters. The van der Waals surface area contributed by atoms with Gasteiger partial charge in [0, 0.05) is 18.9 Å². The zero-order valence-electron chi connectivity index (χ0n) is 8.74. The van der Waals surface area contributed by atoms with Crippen molar-refractivity contribution >= 4 is 21.9 Å².